The number of nitrogens with zero attached hydrogens (tertiary/aromatic N) is 4. The van der Waals surface area contributed by atoms with Crippen molar-refractivity contribution >= 4 is 11.7 Å². The van der Waals surface area contributed by atoms with E-state index in [-0.39, 0.29) is 12.1 Å². The Kier molecular flexibility index (Phi) is 5.87. The van der Waals surface area contributed by atoms with Crippen molar-refractivity contribution in [2.45, 2.75) is 13.0 Å². The van der Waals surface area contributed by atoms with E-state index in [1.807, 2.05) is 14.0 Å². The van der Waals surface area contributed by atoms with Gasteiger partial charge in [0, 0.05) is 20.2 Å². The summed E-state index contributed by atoms with van der Waals surface area (Å²) in [5, 5.41) is 13.2. The monoisotopic (exact) mass is 320 g/mol. The number of aromatic nitrogens is 4. The predicted octanol–water partition coefficient (Wildman–Crippen LogP) is 1.12. The first kappa shape index (κ1) is 16.7. The van der Waals surface area contributed by atoms with Gasteiger partial charge in [0.2, 0.25) is 5.88 Å². The van der Waals surface area contributed by atoms with Gasteiger partial charge in [0.05, 0.1) is 24.5 Å². The van der Waals surface area contributed by atoms with Crippen molar-refractivity contribution in [2.75, 3.05) is 25.6 Å². The molecule has 124 valence electrons. The molecule has 1 atom stereocenters. The Bertz CT molecular complexity index is 628. The van der Waals surface area contributed by atoms with Gasteiger partial charge in [0.1, 0.15) is 12.9 Å². The van der Waals surface area contributed by atoms with Crippen LogP contribution in [0.1, 0.15) is 18.8 Å². The molecule has 0 saturated carbocycles. The van der Waals surface area contributed by atoms with Crippen molar-refractivity contribution in [1.29, 1.82) is 0 Å². The van der Waals surface area contributed by atoms with Crippen molar-refractivity contribution in [3.05, 3.63) is 30.5 Å². The number of rotatable bonds is 7. The van der Waals surface area contributed by atoms with E-state index in [9.17, 15) is 4.79 Å². The lowest BCUT2D eigenvalue weighted by Gasteiger charge is -2.13. The molecule has 2 aromatic heterocycles. The third kappa shape index (κ3) is 4.92. The van der Waals surface area contributed by atoms with E-state index in [2.05, 4.69) is 25.8 Å². The van der Waals surface area contributed by atoms with E-state index < -0.39 is 0 Å². The van der Waals surface area contributed by atoms with Crippen LogP contribution in [-0.4, -0.2) is 46.1 Å². The molecule has 2 aromatic rings. The molecule has 2 amide bonds. The summed E-state index contributed by atoms with van der Waals surface area (Å²) in [6, 6.07) is 2.77. The van der Waals surface area contributed by atoms with E-state index in [1.165, 1.54) is 6.20 Å². The average molecular weight is 320 g/mol. The molecule has 0 bridgehead atoms. The SMILES string of the molecule is COCCOc1ccc(NC(=O)N[C@H](C)c2nncn2C)cn1. The van der Waals surface area contributed by atoms with Crippen molar-refractivity contribution in [1.82, 2.24) is 25.1 Å². The summed E-state index contributed by atoms with van der Waals surface area (Å²) in [4.78, 5) is 16.1. The molecule has 9 heteroatoms. The van der Waals surface area contributed by atoms with Gasteiger partial charge in [-0.15, -0.1) is 10.2 Å². The highest BCUT2D eigenvalue weighted by Crippen LogP contribution is 2.12. The van der Waals surface area contributed by atoms with Crippen LogP contribution in [0.25, 0.3) is 0 Å². The van der Waals surface area contributed by atoms with Gasteiger partial charge in [-0.1, -0.05) is 0 Å². The minimum Gasteiger partial charge on any atom is -0.475 e. The molecular weight excluding hydrogens is 300 g/mol. The van der Waals surface area contributed by atoms with Crippen LogP contribution in [0.4, 0.5) is 10.5 Å². The number of anilines is 1. The fraction of sp³-hybridized carbons (Fsp3) is 0.429. The Hall–Kier alpha value is -2.68. The average Bonchev–Trinajstić information content (AvgIpc) is 2.95. The maximum absolute atomic E-state index is 12.0. The van der Waals surface area contributed by atoms with E-state index in [1.54, 1.807) is 30.1 Å². The molecule has 2 N–H and O–H groups in total. The first-order chi connectivity index (χ1) is 11.1. The lowest BCUT2D eigenvalue weighted by Crippen LogP contribution is -2.32. The molecule has 0 aliphatic heterocycles. The lowest BCUT2D eigenvalue weighted by molar-refractivity contribution is 0.144. The highest BCUT2D eigenvalue weighted by molar-refractivity contribution is 5.89. The van der Waals surface area contributed by atoms with Crippen LogP contribution >= 0.6 is 0 Å². The number of pyridine rings is 1. The first-order valence-corrected chi connectivity index (χ1v) is 7.09. The molecule has 9 nitrogen and oxygen atoms in total. The van der Waals surface area contributed by atoms with Gasteiger partial charge < -0.3 is 24.7 Å². The zero-order valence-electron chi connectivity index (χ0n) is 13.3. The standard InChI is InChI=1S/C14H20N6O3/c1-10(13-19-16-9-20(13)2)17-14(21)18-11-4-5-12(15-8-11)23-7-6-22-3/h4-5,8-10H,6-7H2,1-3H3,(H2,17,18,21)/t10-/m1/s1. The fourth-order valence-corrected chi connectivity index (χ4v) is 1.88. The Labute approximate surface area is 134 Å². The summed E-state index contributed by atoms with van der Waals surface area (Å²) in [5.74, 6) is 1.14. The van der Waals surface area contributed by atoms with E-state index in [0.717, 1.165) is 0 Å². The Morgan fingerprint density at radius 2 is 2.22 bits per heavy atom. The first-order valence-electron chi connectivity index (χ1n) is 7.09. The molecule has 0 aliphatic carbocycles. The molecular formula is C14H20N6O3. The summed E-state index contributed by atoms with van der Waals surface area (Å²) in [6.45, 7) is 2.74. The zero-order chi connectivity index (χ0) is 16.7. The second-order valence-electron chi connectivity index (χ2n) is 4.85. The van der Waals surface area contributed by atoms with Gasteiger partial charge in [-0.2, -0.15) is 0 Å². The summed E-state index contributed by atoms with van der Waals surface area (Å²) in [7, 11) is 3.42. The minimum atomic E-state index is -0.352. The van der Waals surface area contributed by atoms with Crippen LogP contribution in [0.15, 0.2) is 24.7 Å². The van der Waals surface area contributed by atoms with E-state index in [4.69, 9.17) is 9.47 Å². The van der Waals surface area contributed by atoms with Gasteiger partial charge in [-0.05, 0) is 13.0 Å². The smallest absolute Gasteiger partial charge is 0.319 e. The van der Waals surface area contributed by atoms with Crippen LogP contribution < -0.4 is 15.4 Å². The van der Waals surface area contributed by atoms with Crippen LogP contribution in [0.5, 0.6) is 5.88 Å². The highest BCUT2D eigenvalue weighted by Gasteiger charge is 2.14. The predicted molar refractivity (Wildman–Crippen MR) is 83.2 cm³/mol. The molecule has 0 unspecified atom stereocenters. The number of amides is 2. The normalized spacial score (nSPS) is 11.8. The van der Waals surface area contributed by atoms with Gasteiger partial charge >= 0.3 is 6.03 Å². The quantitative estimate of drug-likeness (QED) is 0.741. The van der Waals surface area contributed by atoms with Crippen molar-refractivity contribution < 1.29 is 14.3 Å². The molecule has 0 saturated heterocycles. The Morgan fingerprint density at radius 1 is 1.39 bits per heavy atom. The minimum absolute atomic E-state index is 0.271. The third-order valence-corrected chi connectivity index (χ3v) is 3.01. The molecule has 2 rings (SSSR count). The molecule has 0 spiro atoms. The topological polar surface area (TPSA) is 103 Å². The van der Waals surface area contributed by atoms with Gasteiger partial charge in [-0.3, -0.25) is 0 Å². The van der Waals surface area contributed by atoms with Gasteiger partial charge in [0.25, 0.3) is 0 Å². The molecule has 23 heavy (non-hydrogen) atoms. The maximum atomic E-state index is 12.0. The number of methoxy groups -OCH3 is 1. The number of hydrogen-bond donors (Lipinski definition) is 2. The largest absolute Gasteiger partial charge is 0.475 e. The summed E-state index contributed by atoms with van der Waals surface area (Å²) in [5.41, 5.74) is 0.562. The molecule has 0 aromatic carbocycles. The Balaban J connectivity index is 1.84. The van der Waals surface area contributed by atoms with Crippen molar-refractivity contribution in [3.8, 4) is 5.88 Å². The Morgan fingerprint density at radius 3 is 2.83 bits per heavy atom. The third-order valence-electron chi connectivity index (χ3n) is 3.01. The number of urea groups is 1. The molecule has 2 heterocycles. The van der Waals surface area contributed by atoms with Crippen LogP contribution in [-0.2, 0) is 11.8 Å². The number of carbonyl (C=O) groups excluding carboxylic acids is 1. The zero-order valence-corrected chi connectivity index (χ0v) is 13.3. The van der Waals surface area contributed by atoms with E-state index in [0.29, 0.717) is 30.6 Å². The van der Waals surface area contributed by atoms with E-state index >= 15 is 0 Å². The second kappa shape index (κ2) is 8.08. The number of carbonyl (C=O) groups is 1. The summed E-state index contributed by atoms with van der Waals surface area (Å²) < 4.78 is 12.0. The molecule has 0 radical (unpaired) electrons. The second-order valence-corrected chi connectivity index (χ2v) is 4.85. The van der Waals surface area contributed by atoms with Crippen LogP contribution in [0.2, 0.25) is 0 Å². The number of hydrogen-bond acceptors (Lipinski definition) is 6. The molecule has 0 fully saturated rings. The summed E-state index contributed by atoms with van der Waals surface area (Å²) in [6.07, 6.45) is 3.10. The fourth-order valence-electron chi connectivity index (χ4n) is 1.88. The molecule has 0 aliphatic rings. The van der Waals surface area contributed by atoms with Gasteiger partial charge in [0.15, 0.2) is 5.82 Å². The van der Waals surface area contributed by atoms with Crippen LogP contribution in [0, 0.1) is 0 Å². The van der Waals surface area contributed by atoms with Crippen molar-refractivity contribution in [2.24, 2.45) is 7.05 Å². The number of ether oxygens (including phenoxy) is 2. The maximum Gasteiger partial charge on any atom is 0.319 e. The van der Waals surface area contributed by atoms with Crippen molar-refractivity contribution in [3.63, 3.8) is 0 Å². The lowest BCUT2D eigenvalue weighted by atomic mass is 10.3. The summed E-state index contributed by atoms with van der Waals surface area (Å²) >= 11 is 0. The van der Waals surface area contributed by atoms with Crippen LogP contribution in [0.3, 0.4) is 0 Å². The highest BCUT2D eigenvalue weighted by atomic mass is 16.5. The van der Waals surface area contributed by atoms with Gasteiger partial charge in [-0.25, -0.2) is 9.78 Å². The number of aryl methyl sites for hydroxylation is 1. The number of nitrogens with one attached hydrogen (secondary N) is 2.